The van der Waals surface area contributed by atoms with Gasteiger partial charge in [-0.2, -0.15) is 0 Å². The van der Waals surface area contributed by atoms with E-state index in [0.717, 1.165) is 12.0 Å². The summed E-state index contributed by atoms with van der Waals surface area (Å²) in [5.41, 5.74) is 1.04. The highest BCUT2D eigenvalue weighted by Crippen LogP contribution is 2.15. The minimum atomic E-state index is -0.951. The Morgan fingerprint density at radius 1 is 1.24 bits per heavy atom. The maximum absolute atomic E-state index is 11.5. The van der Waals surface area contributed by atoms with Gasteiger partial charge in [0.2, 0.25) is 5.91 Å². The molecule has 2 N–H and O–H groups in total. The molecule has 0 saturated carbocycles. The number of hydrogen-bond acceptors (Lipinski definition) is 2. The monoisotopic (exact) mass is 235 g/mol. The lowest BCUT2D eigenvalue weighted by Crippen LogP contribution is -2.28. The number of nitrogens with one attached hydrogen (secondary N) is 1. The average Bonchev–Trinajstić information content (AvgIpc) is 2.34. The third-order valence-corrected chi connectivity index (χ3v) is 2.51. The van der Waals surface area contributed by atoms with Crippen molar-refractivity contribution in [1.29, 1.82) is 0 Å². The van der Waals surface area contributed by atoms with Gasteiger partial charge in [-0.1, -0.05) is 37.3 Å². The van der Waals surface area contributed by atoms with Crippen LogP contribution >= 0.6 is 0 Å². The predicted molar refractivity (Wildman–Crippen MR) is 64.5 cm³/mol. The van der Waals surface area contributed by atoms with Crippen LogP contribution in [0.4, 0.5) is 0 Å². The van der Waals surface area contributed by atoms with Crippen LogP contribution in [-0.2, 0) is 9.59 Å². The summed E-state index contributed by atoms with van der Waals surface area (Å²) < 4.78 is 0. The van der Waals surface area contributed by atoms with Crippen molar-refractivity contribution < 1.29 is 14.7 Å². The zero-order valence-electron chi connectivity index (χ0n) is 9.85. The molecule has 0 radical (unpaired) electrons. The van der Waals surface area contributed by atoms with Crippen LogP contribution < -0.4 is 5.32 Å². The Labute approximate surface area is 101 Å². The standard InChI is InChI=1S/C13H17NO3/c1-2-11(10-6-4-3-5-7-10)14-12(15)8-9-13(16)17/h3-7,11H,2,8-9H2,1H3,(H,14,15)(H,16,17)/t11-/m0/s1. The molecule has 4 heteroatoms. The van der Waals surface area contributed by atoms with E-state index in [4.69, 9.17) is 5.11 Å². The topological polar surface area (TPSA) is 66.4 Å². The lowest BCUT2D eigenvalue weighted by molar-refractivity contribution is -0.138. The first-order valence-electron chi connectivity index (χ1n) is 5.69. The molecule has 0 fully saturated rings. The molecule has 92 valence electrons. The summed E-state index contributed by atoms with van der Waals surface area (Å²) in [4.78, 5) is 21.9. The molecule has 1 rings (SSSR count). The van der Waals surface area contributed by atoms with Crippen LogP contribution in [0.25, 0.3) is 0 Å². The summed E-state index contributed by atoms with van der Waals surface area (Å²) in [6.45, 7) is 1.98. The SMILES string of the molecule is CC[C@H](NC(=O)CCC(=O)O)c1ccccc1. The van der Waals surface area contributed by atoms with E-state index in [1.807, 2.05) is 37.3 Å². The third kappa shape index (κ3) is 4.68. The van der Waals surface area contributed by atoms with Gasteiger partial charge in [0, 0.05) is 6.42 Å². The molecule has 0 heterocycles. The highest BCUT2D eigenvalue weighted by Gasteiger charge is 2.12. The minimum absolute atomic E-state index is 0.0265. The Kier molecular flexibility index (Phi) is 5.20. The van der Waals surface area contributed by atoms with Crippen LogP contribution in [0.2, 0.25) is 0 Å². The normalized spacial score (nSPS) is 11.8. The van der Waals surface area contributed by atoms with E-state index in [0.29, 0.717) is 0 Å². The second-order valence-corrected chi connectivity index (χ2v) is 3.83. The number of aliphatic carboxylic acids is 1. The third-order valence-electron chi connectivity index (χ3n) is 2.51. The van der Waals surface area contributed by atoms with E-state index in [1.165, 1.54) is 0 Å². The van der Waals surface area contributed by atoms with Gasteiger partial charge in [0.05, 0.1) is 12.5 Å². The molecule has 1 atom stereocenters. The molecule has 0 saturated heterocycles. The number of benzene rings is 1. The molecule has 0 unspecified atom stereocenters. The summed E-state index contributed by atoms with van der Waals surface area (Å²) in [5, 5.41) is 11.3. The summed E-state index contributed by atoms with van der Waals surface area (Å²) >= 11 is 0. The quantitative estimate of drug-likeness (QED) is 0.793. The zero-order chi connectivity index (χ0) is 12.7. The van der Waals surface area contributed by atoms with Crippen LogP contribution in [0, 0.1) is 0 Å². The number of hydrogen-bond donors (Lipinski definition) is 2. The van der Waals surface area contributed by atoms with Gasteiger partial charge in [-0.15, -0.1) is 0 Å². The van der Waals surface area contributed by atoms with Crippen LogP contribution in [-0.4, -0.2) is 17.0 Å². The van der Waals surface area contributed by atoms with Gasteiger partial charge in [0.15, 0.2) is 0 Å². The predicted octanol–water partition coefficient (Wildman–Crippen LogP) is 2.12. The van der Waals surface area contributed by atoms with Crippen molar-refractivity contribution in [3.05, 3.63) is 35.9 Å². The molecular formula is C13H17NO3. The van der Waals surface area contributed by atoms with Gasteiger partial charge in [-0.3, -0.25) is 9.59 Å². The van der Waals surface area contributed by atoms with Crippen molar-refractivity contribution in [3.63, 3.8) is 0 Å². The largest absolute Gasteiger partial charge is 0.481 e. The Balaban J connectivity index is 2.53. The van der Waals surface area contributed by atoms with E-state index in [-0.39, 0.29) is 24.8 Å². The van der Waals surface area contributed by atoms with Crippen molar-refractivity contribution in [2.45, 2.75) is 32.2 Å². The van der Waals surface area contributed by atoms with Crippen molar-refractivity contribution >= 4 is 11.9 Å². The van der Waals surface area contributed by atoms with Gasteiger partial charge in [-0.25, -0.2) is 0 Å². The van der Waals surface area contributed by atoms with Crippen molar-refractivity contribution in [2.24, 2.45) is 0 Å². The van der Waals surface area contributed by atoms with Crippen LogP contribution in [0.15, 0.2) is 30.3 Å². The first-order valence-corrected chi connectivity index (χ1v) is 5.69. The van der Waals surface area contributed by atoms with Crippen molar-refractivity contribution in [2.75, 3.05) is 0 Å². The first kappa shape index (κ1) is 13.2. The molecule has 1 aromatic rings. The number of carbonyl (C=O) groups excluding carboxylic acids is 1. The van der Waals surface area contributed by atoms with E-state index < -0.39 is 5.97 Å². The molecule has 0 aliphatic rings. The van der Waals surface area contributed by atoms with E-state index in [9.17, 15) is 9.59 Å². The molecular weight excluding hydrogens is 218 g/mol. The molecule has 1 aromatic carbocycles. The molecule has 1 amide bonds. The smallest absolute Gasteiger partial charge is 0.303 e. The fourth-order valence-corrected chi connectivity index (χ4v) is 1.59. The van der Waals surface area contributed by atoms with Crippen molar-refractivity contribution in [1.82, 2.24) is 5.32 Å². The second kappa shape index (κ2) is 6.68. The van der Waals surface area contributed by atoms with Gasteiger partial charge < -0.3 is 10.4 Å². The maximum atomic E-state index is 11.5. The molecule has 0 aliphatic heterocycles. The highest BCUT2D eigenvalue weighted by atomic mass is 16.4. The summed E-state index contributed by atoms with van der Waals surface area (Å²) in [7, 11) is 0. The molecule has 0 aromatic heterocycles. The molecule has 0 spiro atoms. The fraction of sp³-hybridized carbons (Fsp3) is 0.385. The lowest BCUT2D eigenvalue weighted by atomic mass is 10.0. The number of carboxylic acid groups (broad SMARTS) is 1. The molecule has 4 nitrogen and oxygen atoms in total. The molecule has 0 bridgehead atoms. The number of amides is 1. The summed E-state index contributed by atoms with van der Waals surface area (Å²) in [6, 6.07) is 9.61. The van der Waals surface area contributed by atoms with Gasteiger partial charge >= 0.3 is 5.97 Å². The second-order valence-electron chi connectivity index (χ2n) is 3.83. The van der Waals surface area contributed by atoms with Gasteiger partial charge in [0.25, 0.3) is 0 Å². The van der Waals surface area contributed by atoms with E-state index in [2.05, 4.69) is 5.32 Å². The highest BCUT2D eigenvalue weighted by molar-refractivity contribution is 5.80. The van der Waals surface area contributed by atoms with Crippen LogP contribution in [0.3, 0.4) is 0 Å². The maximum Gasteiger partial charge on any atom is 0.303 e. The summed E-state index contributed by atoms with van der Waals surface area (Å²) in [6.07, 6.45) is 0.679. The molecule has 0 aliphatic carbocycles. The Morgan fingerprint density at radius 2 is 1.88 bits per heavy atom. The number of rotatable bonds is 6. The molecule has 17 heavy (non-hydrogen) atoms. The average molecular weight is 235 g/mol. The number of carbonyl (C=O) groups is 2. The Bertz CT molecular complexity index is 376. The minimum Gasteiger partial charge on any atom is -0.481 e. The Hall–Kier alpha value is -1.84. The van der Waals surface area contributed by atoms with Crippen LogP contribution in [0.5, 0.6) is 0 Å². The number of carboxylic acids is 1. The lowest BCUT2D eigenvalue weighted by Gasteiger charge is -2.17. The van der Waals surface area contributed by atoms with Crippen LogP contribution in [0.1, 0.15) is 37.8 Å². The van der Waals surface area contributed by atoms with E-state index >= 15 is 0 Å². The van der Waals surface area contributed by atoms with Gasteiger partial charge in [-0.05, 0) is 12.0 Å². The fourth-order valence-electron chi connectivity index (χ4n) is 1.59. The summed E-state index contributed by atoms with van der Waals surface area (Å²) in [5.74, 6) is -1.17. The zero-order valence-corrected chi connectivity index (χ0v) is 9.85. The Morgan fingerprint density at radius 3 is 2.41 bits per heavy atom. The first-order chi connectivity index (χ1) is 8.13. The van der Waals surface area contributed by atoms with E-state index in [1.54, 1.807) is 0 Å². The van der Waals surface area contributed by atoms with Gasteiger partial charge in [0.1, 0.15) is 0 Å². The van der Waals surface area contributed by atoms with Crippen molar-refractivity contribution in [3.8, 4) is 0 Å².